The van der Waals surface area contributed by atoms with Crippen LogP contribution in [0.15, 0.2) is 53.9 Å². The first-order valence-corrected chi connectivity index (χ1v) is 11.5. The molecule has 10 heteroatoms. The van der Waals surface area contributed by atoms with Gasteiger partial charge in [0.2, 0.25) is 0 Å². The molecule has 1 aromatic rings. The van der Waals surface area contributed by atoms with Gasteiger partial charge in [-0.25, -0.2) is 18.8 Å². The molecule has 2 aliphatic heterocycles. The number of hydrogen-bond acceptors (Lipinski definition) is 8. The number of nitrogens with zero attached hydrogens (tertiary/aromatic N) is 2. The lowest BCUT2D eigenvalue weighted by molar-refractivity contribution is -0.139. The average Bonchev–Trinajstić information content (AvgIpc) is 3.07. The second kappa shape index (κ2) is 11.3. The molecule has 0 unspecified atom stereocenters. The lowest BCUT2D eigenvalue weighted by Crippen LogP contribution is -2.44. The Balaban J connectivity index is 1.75. The molecule has 2 aliphatic rings. The van der Waals surface area contributed by atoms with Crippen molar-refractivity contribution < 1.29 is 37.7 Å². The van der Waals surface area contributed by atoms with Crippen LogP contribution < -0.4 is 9.64 Å². The van der Waals surface area contributed by atoms with E-state index >= 15 is 4.39 Å². The second-order valence-corrected chi connectivity index (χ2v) is 9.22. The van der Waals surface area contributed by atoms with E-state index in [2.05, 4.69) is 0 Å². The van der Waals surface area contributed by atoms with E-state index in [1.165, 1.54) is 43.5 Å². The fourth-order valence-electron chi connectivity index (χ4n) is 3.76. The van der Waals surface area contributed by atoms with Gasteiger partial charge in [-0.05, 0) is 45.1 Å². The predicted molar refractivity (Wildman–Crippen MR) is 130 cm³/mol. The lowest BCUT2D eigenvalue weighted by atomic mass is 10.1. The number of ether oxygens (including phenoxy) is 4. The number of likely N-dealkylation sites (tertiary alicyclic amines) is 1. The van der Waals surface area contributed by atoms with Crippen molar-refractivity contribution in [3.05, 3.63) is 59.7 Å². The fraction of sp³-hybridized carbons (Fsp3) is 0.423. The van der Waals surface area contributed by atoms with E-state index in [0.29, 0.717) is 25.9 Å². The minimum Gasteiger partial charge on any atom is -0.487 e. The molecular formula is C26H31FN2O7. The van der Waals surface area contributed by atoms with E-state index in [1.807, 2.05) is 20.8 Å². The van der Waals surface area contributed by atoms with Crippen LogP contribution in [0.3, 0.4) is 0 Å². The zero-order valence-corrected chi connectivity index (χ0v) is 21.1. The molecular weight excluding hydrogens is 471 g/mol. The van der Waals surface area contributed by atoms with E-state index in [-0.39, 0.29) is 34.9 Å². The standard InChI is InChI=1S/C26H31FN2O7/c1-26(2,3)36-25(32)28-14-11-18(12-15-28)35-21-10-9-17(16-20(21)27)29-13-7-6-8-19(23(30)33-4)22(29)24(31)34-5/h6-10,13,16,18H,11-12,14-15H2,1-5H3. The second-order valence-electron chi connectivity index (χ2n) is 9.22. The van der Waals surface area contributed by atoms with Crippen LogP contribution in [-0.2, 0) is 23.8 Å². The summed E-state index contributed by atoms with van der Waals surface area (Å²) >= 11 is 0. The van der Waals surface area contributed by atoms with Gasteiger partial charge in [-0.1, -0.05) is 6.08 Å². The van der Waals surface area contributed by atoms with Crippen LogP contribution in [0.2, 0.25) is 0 Å². The van der Waals surface area contributed by atoms with Gasteiger partial charge in [0, 0.05) is 43.9 Å². The van der Waals surface area contributed by atoms with Crippen molar-refractivity contribution >= 4 is 23.7 Å². The van der Waals surface area contributed by atoms with Crippen LogP contribution in [0.5, 0.6) is 5.75 Å². The predicted octanol–water partition coefficient (Wildman–Crippen LogP) is 4.09. The molecule has 9 nitrogen and oxygen atoms in total. The molecule has 0 aromatic heterocycles. The normalized spacial score (nSPS) is 16.5. The van der Waals surface area contributed by atoms with Gasteiger partial charge in [0.25, 0.3) is 0 Å². The number of methoxy groups -OCH3 is 2. The van der Waals surface area contributed by atoms with Gasteiger partial charge in [-0.15, -0.1) is 0 Å². The zero-order chi connectivity index (χ0) is 26.5. The van der Waals surface area contributed by atoms with Crippen molar-refractivity contribution in [2.24, 2.45) is 0 Å². The summed E-state index contributed by atoms with van der Waals surface area (Å²) in [4.78, 5) is 40.0. The maximum Gasteiger partial charge on any atom is 0.410 e. The summed E-state index contributed by atoms with van der Waals surface area (Å²) in [6.45, 7) is 6.31. The largest absolute Gasteiger partial charge is 0.487 e. The first-order valence-electron chi connectivity index (χ1n) is 11.5. The molecule has 0 saturated carbocycles. The number of hydrogen-bond donors (Lipinski definition) is 0. The van der Waals surface area contributed by atoms with E-state index < -0.39 is 23.4 Å². The van der Waals surface area contributed by atoms with Crippen molar-refractivity contribution in [1.29, 1.82) is 0 Å². The number of carbonyl (C=O) groups excluding carboxylic acids is 3. The van der Waals surface area contributed by atoms with Gasteiger partial charge in [0.05, 0.1) is 19.8 Å². The number of amides is 1. The molecule has 3 rings (SSSR count). The number of esters is 2. The minimum atomic E-state index is -0.788. The zero-order valence-electron chi connectivity index (χ0n) is 21.1. The summed E-state index contributed by atoms with van der Waals surface area (Å²) in [5.74, 6) is -2.12. The Labute approximate surface area is 209 Å². The number of allylic oxidation sites excluding steroid dienone is 2. The van der Waals surface area contributed by atoms with Gasteiger partial charge < -0.3 is 28.7 Å². The Kier molecular flexibility index (Phi) is 8.39. The fourth-order valence-corrected chi connectivity index (χ4v) is 3.76. The first-order chi connectivity index (χ1) is 17.0. The van der Waals surface area contributed by atoms with Gasteiger partial charge >= 0.3 is 18.0 Å². The average molecular weight is 503 g/mol. The number of benzene rings is 1. The maximum absolute atomic E-state index is 15.1. The number of rotatable bonds is 5. The Morgan fingerprint density at radius 1 is 1.00 bits per heavy atom. The molecule has 0 radical (unpaired) electrons. The van der Waals surface area contributed by atoms with Crippen molar-refractivity contribution in [2.45, 2.75) is 45.3 Å². The molecule has 0 spiro atoms. The molecule has 0 aliphatic carbocycles. The highest BCUT2D eigenvalue weighted by Gasteiger charge is 2.30. The van der Waals surface area contributed by atoms with Crippen molar-refractivity contribution in [3.63, 3.8) is 0 Å². The van der Waals surface area contributed by atoms with E-state index in [4.69, 9.17) is 18.9 Å². The van der Waals surface area contributed by atoms with Gasteiger partial charge in [0.15, 0.2) is 11.6 Å². The Hall–Kier alpha value is -3.82. The van der Waals surface area contributed by atoms with E-state index in [1.54, 1.807) is 23.1 Å². The van der Waals surface area contributed by atoms with Crippen LogP contribution in [-0.4, -0.2) is 61.9 Å². The highest BCUT2D eigenvalue weighted by Crippen LogP contribution is 2.31. The molecule has 1 aromatic carbocycles. The van der Waals surface area contributed by atoms with Crippen molar-refractivity contribution in [1.82, 2.24) is 4.90 Å². The number of carbonyl (C=O) groups is 3. The molecule has 0 atom stereocenters. The third-order valence-corrected chi connectivity index (χ3v) is 5.47. The Morgan fingerprint density at radius 2 is 1.67 bits per heavy atom. The van der Waals surface area contributed by atoms with Crippen LogP contribution in [0.1, 0.15) is 33.6 Å². The van der Waals surface area contributed by atoms with Crippen LogP contribution in [0.4, 0.5) is 14.9 Å². The quantitative estimate of drug-likeness (QED) is 0.439. The molecule has 36 heavy (non-hydrogen) atoms. The highest BCUT2D eigenvalue weighted by atomic mass is 19.1. The highest BCUT2D eigenvalue weighted by molar-refractivity contribution is 6.05. The van der Waals surface area contributed by atoms with Crippen LogP contribution in [0, 0.1) is 5.82 Å². The summed E-state index contributed by atoms with van der Waals surface area (Å²) < 4.78 is 36.0. The molecule has 1 saturated heterocycles. The molecule has 1 amide bonds. The van der Waals surface area contributed by atoms with Crippen molar-refractivity contribution in [2.75, 3.05) is 32.2 Å². The van der Waals surface area contributed by atoms with E-state index in [9.17, 15) is 14.4 Å². The summed E-state index contributed by atoms with van der Waals surface area (Å²) in [5, 5.41) is 0. The van der Waals surface area contributed by atoms with E-state index in [0.717, 1.165) is 0 Å². The Bertz CT molecular complexity index is 1100. The maximum atomic E-state index is 15.1. The number of halogens is 1. The summed E-state index contributed by atoms with van der Waals surface area (Å²) in [6.07, 6.45) is 6.50. The molecule has 194 valence electrons. The summed E-state index contributed by atoms with van der Waals surface area (Å²) in [6, 6.07) is 4.24. The Morgan fingerprint density at radius 3 is 2.25 bits per heavy atom. The molecule has 2 heterocycles. The summed E-state index contributed by atoms with van der Waals surface area (Å²) in [5.41, 5.74) is -0.445. The minimum absolute atomic E-state index is 0.0353. The van der Waals surface area contributed by atoms with Crippen LogP contribution >= 0.6 is 0 Å². The van der Waals surface area contributed by atoms with Crippen molar-refractivity contribution in [3.8, 4) is 5.75 Å². The lowest BCUT2D eigenvalue weighted by Gasteiger charge is -2.33. The third-order valence-electron chi connectivity index (χ3n) is 5.47. The number of piperidine rings is 1. The number of anilines is 1. The molecule has 0 N–H and O–H groups in total. The van der Waals surface area contributed by atoms with Gasteiger partial charge in [-0.3, -0.25) is 0 Å². The topological polar surface area (TPSA) is 94.6 Å². The monoisotopic (exact) mass is 502 g/mol. The van der Waals surface area contributed by atoms with Crippen LogP contribution in [0.25, 0.3) is 0 Å². The third kappa shape index (κ3) is 6.44. The summed E-state index contributed by atoms with van der Waals surface area (Å²) in [7, 11) is 2.39. The van der Waals surface area contributed by atoms with Gasteiger partial charge in [-0.2, -0.15) is 0 Å². The molecule has 1 fully saturated rings. The first kappa shape index (κ1) is 26.8. The smallest absolute Gasteiger partial charge is 0.410 e. The van der Waals surface area contributed by atoms with Gasteiger partial charge in [0.1, 0.15) is 17.4 Å². The SMILES string of the molecule is COC(=O)C1=C(C(=O)OC)N(c2ccc(OC3CCN(C(=O)OC(C)(C)C)CC3)c(F)c2)C=CC=C1. The molecule has 0 bridgehead atoms.